The van der Waals surface area contributed by atoms with Crippen molar-refractivity contribution in [2.45, 2.75) is 58.3 Å². The van der Waals surface area contributed by atoms with Crippen LogP contribution in [0.3, 0.4) is 0 Å². The lowest BCUT2D eigenvalue weighted by Crippen LogP contribution is -2.33. The lowest BCUT2D eigenvalue weighted by Gasteiger charge is -2.42. The largest absolute Gasteiger partial charge is 0.496 e. The number of nitrogens with one attached hydrogen (secondary N) is 1. The number of anilines is 1. The van der Waals surface area contributed by atoms with Crippen LogP contribution in [0.25, 0.3) is 0 Å². The second kappa shape index (κ2) is 10.6. The minimum absolute atomic E-state index is 0.0101. The molecule has 1 aliphatic carbocycles. The van der Waals surface area contributed by atoms with Crippen molar-refractivity contribution in [3.8, 4) is 28.9 Å². The number of aryl methyl sites for hydroxylation is 1. The van der Waals surface area contributed by atoms with Crippen molar-refractivity contribution in [2.24, 2.45) is 0 Å². The van der Waals surface area contributed by atoms with Gasteiger partial charge in [-0.05, 0) is 59.4 Å². The summed E-state index contributed by atoms with van der Waals surface area (Å²) >= 11 is 0. The Kier molecular flexibility index (Phi) is 7.54. The highest BCUT2D eigenvalue weighted by molar-refractivity contribution is 6.04. The lowest BCUT2D eigenvalue weighted by molar-refractivity contribution is -0.139. The molecule has 0 unspecified atom stereocenters. The van der Waals surface area contributed by atoms with Gasteiger partial charge >= 0.3 is 5.97 Å². The number of carbonyl (C=O) groups excluding carboxylic acids is 1. The van der Waals surface area contributed by atoms with Gasteiger partial charge in [-0.1, -0.05) is 33.8 Å². The fourth-order valence-electron chi connectivity index (χ4n) is 4.81. The Hall–Kier alpha value is -4.14. The minimum Gasteiger partial charge on any atom is -0.496 e. The van der Waals surface area contributed by atoms with Gasteiger partial charge in [0.25, 0.3) is 11.9 Å². The van der Waals surface area contributed by atoms with Gasteiger partial charge in [0.05, 0.1) is 14.2 Å². The van der Waals surface area contributed by atoms with Crippen LogP contribution in [0.4, 0.5) is 5.69 Å². The van der Waals surface area contributed by atoms with Gasteiger partial charge in [0, 0.05) is 18.2 Å². The second-order valence-corrected chi connectivity index (χ2v) is 11.0. The summed E-state index contributed by atoms with van der Waals surface area (Å²) in [7, 11) is 2.86. The van der Waals surface area contributed by atoms with Crippen LogP contribution in [0.2, 0.25) is 0 Å². The Morgan fingerprint density at radius 2 is 1.56 bits per heavy atom. The third kappa shape index (κ3) is 5.82. The maximum atomic E-state index is 13.1. The van der Waals surface area contributed by atoms with Gasteiger partial charge in [0.1, 0.15) is 22.9 Å². The summed E-state index contributed by atoms with van der Waals surface area (Å²) in [5.41, 5.74) is 3.80. The Balaban J connectivity index is 1.58. The van der Waals surface area contributed by atoms with Crippen LogP contribution >= 0.6 is 0 Å². The standard InChI is InChI=1S/C30H35NO8/c1-17-12-19-20(30(4,5)11-10-29(19,2)3)15-22(17)39-26-9-8-21(38-26)28(34)31-27-23(36-7)13-18(35-6)14-24(27)37-16-25(32)33/h8-9,12-15H,10-11,16H2,1-7H3,(H,31,34)(H,32,33). The zero-order valence-corrected chi connectivity index (χ0v) is 23.4. The van der Waals surface area contributed by atoms with Crippen molar-refractivity contribution in [1.29, 1.82) is 0 Å². The van der Waals surface area contributed by atoms with Crippen LogP contribution in [0, 0.1) is 6.92 Å². The maximum Gasteiger partial charge on any atom is 0.341 e. The molecule has 0 atom stereocenters. The van der Waals surface area contributed by atoms with Gasteiger partial charge in [-0.2, -0.15) is 0 Å². The Bertz CT molecular complexity index is 1400. The summed E-state index contributed by atoms with van der Waals surface area (Å²) < 4.78 is 27.8. The second-order valence-electron chi connectivity index (χ2n) is 11.0. The number of benzene rings is 2. The highest BCUT2D eigenvalue weighted by atomic mass is 16.6. The molecule has 39 heavy (non-hydrogen) atoms. The van der Waals surface area contributed by atoms with Crippen molar-refractivity contribution in [1.82, 2.24) is 0 Å². The van der Waals surface area contributed by atoms with E-state index < -0.39 is 18.5 Å². The average molecular weight is 538 g/mol. The molecule has 1 heterocycles. The van der Waals surface area contributed by atoms with E-state index in [4.69, 9.17) is 28.5 Å². The number of rotatable bonds is 9. The first kappa shape index (κ1) is 27.9. The minimum atomic E-state index is -1.17. The van der Waals surface area contributed by atoms with E-state index >= 15 is 0 Å². The molecule has 208 valence electrons. The molecule has 1 aliphatic rings. The first-order chi connectivity index (χ1) is 18.3. The van der Waals surface area contributed by atoms with Crippen LogP contribution < -0.4 is 24.3 Å². The number of amides is 1. The SMILES string of the molecule is COc1cc(OC)c(NC(=O)c2ccc(Oc3cc4c(cc3C)C(C)(C)CCC4(C)C)o2)c(OCC(=O)O)c1. The van der Waals surface area contributed by atoms with Gasteiger partial charge in [-0.25, -0.2) is 4.79 Å². The number of carbonyl (C=O) groups is 2. The summed E-state index contributed by atoms with van der Waals surface area (Å²) in [6, 6.07) is 10.4. The average Bonchev–Trinajstić information content (AvgIpc) is 3.35. The number of carboxylic acid groups (broad SMARTS) is 1. The Morgan fingerprint density at radius 1 is 0.923 bits per heavy atom. The first-order valence-electron chi connectivity index (χ1n) is 12.7. The van der Waals surface area contributed by atoms with Crippen molar-refractivity contribution in [2.75, 3.05) is 26.1 Å². The third-order valence-corrected chi connectivity index (χ3v) is 7.25. The topological polar surface area (TPSA) is 116 Å². The fraction of sp³-hybridized carbons (Fsp3) is 0.400. The smallest absolute Gasteiger partial charge is 0.341 e. The monoisotopic (exact) mass is 537 g/mol. The normalized spacial score (nSPS) is 15.2. The van der Waals surface area contributed by atoms with E-state index in [1.807, 2.05) is 6.92 Å². The van der Waals surface area contributed by atoms with Crippen LogP contribution in [0.15, 0.2) is 40.8 Å². The van der Waals surface area contributed by atoms with Gasteiger partial charge in [0.2, 0.25) is 0 Å². The molecule has 0 aliphatic heterocycles. The quantitative estimate of drug-likeness (QED) is 0.319. The number of ether oxygens (including phenoxy) is 4. The fourth-order valence-corrected chi connectivity index (χ4v) is 4.81. The van der Waals surface area contributed by atoms with Gasteiger partial charge in [-0.3, -0.25) is 4.79 Å². The molecular formula is C30H35NO8. The number of carboxylic acids is 1. The summed E-state index contributed by atoms with van der Waals surface area (Å²) in [6.45, 7) is 10.4. The van der Waals surface area contributed by atoms with E-state index in [1.165, 1.54) is 37.5 Å². The zero-order valence-electron chi connectivity index (χ0n) is 23.4. The highest BCUT2D eigenvalue weighted by Crippen LogP contribution is 2.48. The zero-order chi connectivity index (χ0) is 28.5. The van der Waals surface area contributed by atoms with Crippen molar-refractivity contribution in [3.05, 3.63) is 58.8 Å². The summed E-state index contributed by atoms with van der Waals surface area (Å²) in [6.07, 6.45) is 2.19. The van der Waals surface area contributed by atoms with Crippen LogP contribution in [-0.2, 0) is 15.6 Å². The first-order valence-corrected chi connectivity index (χ1v) is 12.7. The van der Waals surface area contributed by atoms with Crippen molar-refractivity contribution in [3.63, 3.8) is 0 Å². The molecule has 1 amide bonds. The molecular weight excluding hydrogens is 502 g/mol. The number of furan rings is 1. The molecule has 0 saturated carbocycles. The summed E-state index contributed by atoms with van der Waals surface area (Å²) in [5, 5.41) is 11.7. The number of aliphatic carboxylic acids is 1. The van der Waals surface area contributed by atoms with Crippen LogP contribution in [0.5, 0.6) is 28.9 Å². The number of hydrogen-bond donors (Lipinski definition) is 2. The van der Waals surface area contributed by atoms with E-state index in [9.17, 15) is 9.59 Å². The maximum absolute atomic E-state index is 13.1. The molecule has 0 bridgehead atoms. The van der Waals surface area contributed by atoms with Gasteiger partial charge < -0.3 is 33.8 Å². The molecule has 0 saturated heterocycles. The van der Waals surface area contributed by atoms with Gasteiger partial charge in [-0.15, -0.1) is 0 Å². The van der Waals surface area contributed by atoms with Crippen LogP contribution in [0.1, 0.15) is 67.8 Å². The summed E-state index contributed by atoms with van der Waals surface area (Å²) in [4.78, 5) is 24.1. The van der Waals surface area contributed by atoms with E-state index in [0.717, 1.165) is 18.4 Å². The molecule has 2 aromatic carbocycles. The van der Waals surface area contributed by atoms with Crippen molar-refractivity contribution < 1.29 is 38.1 Å². The number of hydrogen-bond acceptors (Lipinski definition) is 7. The summed E-state index contributed by atoms with van der Waals surface area (Å²) in [5.74, 6) is -0.288. The molecule has 4 rings (SSSR count). The molecule has 0 radical (unpaired) electrons. The predicted octanol–water partition coefficient (Wildman–Crippen LogP) is 6.46. The predicted molar refractivity (Wildman–Crippen MR) is 146 cm³/mol. The van der Waals surface area contributed by atoms with Crippen LogP contribution in [-0.4, -0.2) is 37.8 Å². The molecule has 9 heteroatoms. The van der Waals surface area contributed by atoms with Crippen molar-refractivity contribution >= 4 is 17.6 Å². The molecule has 1 aromatic heterocycles. The van der Waals surface area contributed by atoms with E-state index in [0.29, 0.717) is 11.5 Å². The molecule has 0 spiro atoms. The molecule has 2 N–H and O–H groups in total. The number of methoxy groups -OCH3 is 2. The molecule has 9 nitrogen and oxygen atoms in total. The number of fused-ring (bicyclic) bond motifs is 1. The van der Waals surface area contributed by atoms with Gasteiger partial charge in [0.15, 0.2) is 18.1 Å². The Labute approximate surface area is 228 Å². The van der Waals surface area contributed by atoms with E-state index in [2.05, 4.69) is 45.1 Å². The third-order valence-electron chi connectivity index (χ3n) is 7.25. The molecule has 0 fully saturated rings. The molecule has 3 aromatic rings. The highest BCUT2D eigenvalue weighted by Gasteiger charge is 2.37. The van der Waals surface area contributed by atoms with E-state index in [1.54, 1.807) is 12.1 Å². The lowest BCUT2D eigenvalue weighted by atomic mass is 9.63. The van der Waals surface area contributed by atoms with E-state index in [-0.39, 0.29) is 39.7 Å². The Morgan fingerprint density at radius 3 is 2.18 bits per heavy atom.